The molecule has 0 aliphatic heterocycles. The molecule has 0 aliphatic carbocycles. The third kappa shape index (κ3) is 2.75. The average molecular weight is 122 g/mol. The first-order valence-corrected chi connectivity index (χ1v) is 2.75. The third-order valence-corrected chi connectivity index (χ3v) is 0.962. The summed E-state index contributed by atoms with van der Waals surface area (Å²) in [5, 5.41) is 0. The van der Waals surface area contributed by atoms with Gasteiger partial charge in [0.2, 0.25) is 0 Å². The van der Waals surface area contributed by atoms with Gasteiger partial charge in [-0.3, -0.25) is 0 Å². The highest BCUT2D eigenvalue weighted by atomic mass is 28.2. The molecule has 44 valence electrons. The van der Waals surface area contributed by atoms with Crippen LogP contribution in [-0.4, -0.2) is 31.2 Å². The molecule has 0 unspecified atom stereocenters. The second-order valence-electron chi connectivity index (χ2n) is 0.996. The highest BCUT2D eigenvalue weighted by Gasteiger charge is 1.96. The van der Waals surface area contributed by atoms with Crippen molar-refractivity contribution in [1.29, 1.82) is 0 Å². The number of methoxy groups -OCH3 is 2. The Morgan fingerprint density at radius 3 is 1.71 bits per heavy atom. The van der Waals surface area contributed by atoms with Crippen molar-refractivity contribution in [3.63, 3.8) is 0 Å². The van der Waals surface area contributed by atoms with Gasteiger partial charge in [0, 0.05) is 14.2 Å². The maximum Gasteiger partial charge on any atom is 0.260 e. The van der Waals surface area contributed by atoms with Crippen LogP contribution in [0.15, 0.2) is 0 Å². The van der Waals surface area contributed by atoms with Gasteiger partial charge in [-0.2, -0.15) is 0 Å². The Labute approximate surface area is 46.1 Å². The summed E-state index contributed by atoms with van der Waals surface area (Å²) in [4.78, 5) is 0. The molecule has 0 rings (SSSR count). The summed E-state index contributed by atoms with van der Waals surface area (Å²) < 4.78 is 14.0. The first-order valence-electron chi connectivity index (χ1n) is 1.93. The molecular weight excluding hydrogens is 112 g/mol. The van der Waals surface area contributed by atoms with Gasteiger partial charge >= 0.3 is 0 Å². The molecule has 4 heteroatoms. The van der Waals surface area contributed by atoms with E-state index >= 15 is 0 Å². The highest BCUT2D eigenvalue weighted by molar-refractivity contribution is 5.97. The monoisotopic (exact) mass is 122 g/mol. The minimum absolute atomic E-state index is 0.452. The van der Waals surface area contributed by atoms with Crippen LogP contribution in [0.1, 0.15) is 0 Å². The predicted molar refractivity (Wildman–Crippen MR) is 28.8 cm³/mol. The molecule has 3 nitrogen and oxygen atoms in total. The van der Waals surface area contributed by atoms with Crippen LogP contribution in [0.3, 0.4) is 0 Å². The van der Waals surface area contributed by atoms with E-state index in [1.165, 1.54) is 14.2 Å². The number of hydrogen-bond donors (Lipinski definition) is 0. The van der Waals surface area contributed by atoms with Crippen LogP contribution >= 0.6 is 0 Å². The molecule has 0 radical (unpaired) electrons. The molecule has 0 fully saturated rings. The SMILES string of the molecule is COC(OC)O[SiH3]. The van der Waals surface area contributed by atoms with Gasteiger partial charge in [-0.1, -0.05) is 0 Å². The van der Waals surface area contributed by atoms with Gasteiger partial charge in [-0.15, -0.1) is 0 Å². The fourth-order valence-corrected chi connectivity index (χ4v) is 0.674. The summed E-state index contributed by atoms with van der Waals surface area (Å²) >= 11 is 0. The van der Waals surface area contributed by atoms with E-state index in [0.29, 0.717) is 10.5 Å². The maximum atomic E-state index is 4.74. The molecule has 0 aliphatic rings. The van der Waals surface area contributed by atoms with Crippen molar-refractivity contribution < 1.29 is 13.9 Å². The standard InChI is InChI=1S/C3H10O3Si/c1-4-3(5-2)6-7/h3H,1-2,7H3. The Balaban J connectivity index is 2.99. The fourth-order valence-electron chi connectivity index (χ4n) is 0.289. The summed E-state index contributed by atoms with van der Waals surface area (Å²) in [5.74, 6) is 0. The topological polar surface area (TPSA) is 27.7 Å². The van der Waals surface area contributed by atoms with Crippen LogP contribution in [0.25, 0.3) is 0 Å². The first-order chi connectivity index (χ1) is 3.35. The van der Waals surface area contributed by atoms with Gasteiger partial charge in [0.25, 0.3) is 6.48 Å². The lowest BCUT2D eigenvalue weighted by molar-refractivity contribution is -0.217. The van der Waals surface area contributed by atoms with Crippen LogP contribution in [0, 0.1) is 0 Å². The minimum atomic E-state index is -0.452. The lowest BCUT2D eigenvalue weighted by Crippen LogP contribution is -2.15. The number of ether oxygens (including phenoxy) is 2. The molecular formula is C3H10O3Si. The first kappa shape index (κ1) is 7.10. The Bertz CT molecular complexity index is 31.7. The van der Waals surface area contributed by atoms with E-state index in [1.54, 1.807) is 0 Å². The Hall–Kier alpha value is 0.0969. The van der Waals surface area contributed by atoms with Crippen LogP contribution < -0.4 is 0 Å². The molecule has 0 N–H and O–H groups in total. The highest BCUT2D eigenvalue weighted by Crippen LogP contribution is 1.86. The third-order valence-electron chi connectivity index (χ3n) is 0.577. The molecule has 0 amide bonds. The van der Waals surface area contributed by atoms with E-state index in [1.807, 2.05) is 0 Å². The number of hydrogen-bond acceptors (Lipinski definition) is 3. The molecule has 0 atom stereocenters. The largest absolute Gasteiger partial charge is 0.383 e. The predicted octanol–water partition coefficient (Wildman–Crippen LogP) is -1.14. The van der Waals surface area contributed by atoms with Gasteiger partial charge in [0.05, 0.1) is 0 Å². The van der Waals surface area contributed by atoms with E-state index in [-0.39, 0.29) is 0 Å². The molecule has 7 heavy (non-hydrogen) atoms. The van der Waals surface area contributed by atoms with E-state index in [2.05, 4.69) is 9.47 Å². The quantitative estimate of drug-likeness (QED) is 0.350. The van der Waals surface area contributed by atoms with Gasteiger partial charge in [-0.25, -0.2) is 0 Å². The van der Waals surface area contributed by atoms with Crippen LogP contribution in [0.5, 0.6) is 0 Å². The lowest BCUT2D eigenvalue weighted by atomic mass is 11.2. The molecule has 0 aromatic carbocycles. The summed E-state index contributed by atoms with van der Waals surface area (Å²) in [6, 6.07) is 0. The van der Waals surface area contributed by atoms with Crippen molar-refractivity contribution in [1.82, 2.24) is 0 Å². The van der Waals surface area contributed by atoms with Crippen molar-refractivity contribution in [2.24, 2.45) is 0 Å². The fraction of sp³-hybridized carbons (Fsp3) is 1.00. The maximum absolute atomic E-state index is 4.74. The summed E-state index contributed by atoms with van der Waals surface area (Å²) in [6.07, 6.45) is 0. The summed E-state index contributed by atoms with van der Waals surface area (Å²) in [6.45, 7) is -0.452. The van der Waals surface area contributed by atoms with E-state index < -0.39 is 6.48 Å². The molecule has 0 spiro atoms. The van der Waals surface area contributed by atoms with Crippen molar-refractivity contribution >= 4 is 10.5 Å². The van der Waals surface area contributed by atoms with Crippen LogP contribution in [0.4, 0.5) is 0 Å². The van der Waals surface area contributed by atoms with Crippen LogP contribution in [0.2, 0.25) is 0 Å². The number of rotatable bonds is 3. The zero-order valence-corrected chi connectivity index (χ0v) is 6.80. The molecule has 0 bridgehead atoms. The van der Waals surface area contributed by atoms with Gasteiger partial charge in [0.1, 0.15) is 0 Å². The van der Waals surface area contributed by atoms with Crippen LogP contribution in [-0.2, 0) is 13.9 Å². The Morgan fingerprint density at radius 1 is 1.29 bits per heavy atom. The van der Waals surface area contributed by atoms with E-state index in [4.69, 9.17) is 4.43 Å². The zero-order chi connectivity index (χ0) is 5.70. The Kier molecular flexibility index (Phi) is 4.32. The van der Waals surface area contributed by atoms with Gasteiger partial charge in [0.15, 0.2) is 10.5 Å². The lowest BCUT2D eigenvalue weighted by Gasteiger charge is -2.09. The van der Waals surface area contributed by atoms with E-state index in [0.717, 1.165) is 0 Å². The summed E-state index contributed by atoms with van der Waals surface area (Å²) in [5.41, 5.74) is 0. The van der Waals surface area contributed by atoms with Crippen molar-refractivity contribution in [2.45, 2.75) is 6.48 Å². The molecule has 0 aromatic rings. The normalized spacial score (nSPS) is 10.7. The zero-order valence-electron chi connectivity index (χ0n) is 4.80. The minimum Gasteiger partial charge on any atom is -0.383 e. The van der Waals surface area contributed by atoms with Crippen molar-refractivity contribution in [3.8, 4) is 0 Å². The average Bonchev–Trinajstić information content (AvgIpc) is 1.72. The van der Waals surface area contributed by atoms with E-state index in [9.17, 15) is 0 Å². The molecule has 0 saturated carbocycles. The van der Waals surface area contributed by atoms with Crippen molar-refractivity contribution in [3.05, 3.63) is 0 Å². The summed E-state index contributed by atoms with van der Waals surface area (Å²) in [7, 11) is 3.71. The molecule has 0 heterocycles. The van der Waals surface area contributed by atoms with Gasteiger partial charge < -0.3 is 13.9 Å². The van der Waals surface area contributed by atoms with Crippen molar-refractivity contribution in [2.75, 3.05) is 14.2 Å². The smallest absolute Gasteiger partial charge is 0.260 e. The molecule has 0 saturated heterocycles. The second-order valence-corrected chi connectivity index (χ2v) is 1.47. The Morgan fingerprint density at radius 2 is 1.71 bits per heavy atom. The van der Waals surface area contributed by atoms with Gasteiger partial charge in [-0.05, 0) is 0 Å². The second kappa shape index (κ2) is 4.26. The molecule has 0 aromatic heterocycles.